The number of ether oxygens (including phenoxy) is 2. The molecule has 2 aromatic rings. The fourth-order valence-electron chi connectivity index (χ4n) is 3.00. The van der Waals surface area contributed by atoms with Crippen molar-refractivity contribution in [2.45, 2.75) is 40.5 Å². The van der Waals surface area contributed by atoms with Gasteiger partial charge in [-0.15, -0.1) is 0 Å². The maximum atomic E-state index is 13.0. The molecule has 2 N–H and O–H groups in total. The lowest BCUT2D eigenvalue weighted by Gasteiger charge is -2.11. The molecule has 0 saturated heterocycles. The fraction of sp³-hybridized carbons (Fsp3) is 0.381. The molecule has 0 aliphatic rings. The van der Waals surface area contributed by atoms with Gasteiger partial charge in [-0.2, -0.15) is 0 Å². The first-order valence-corrected chi connectivity index (χ1v) is 9.13. The van der Waals surface area contributed by atoms with E-state index >= 15 is 0 Å². The van der Waals surface area contributed by atoms with Gasteiger partial charge in [-0.25, -0.2) is 4.79 Å². The van der Waals surface area contributed by atoms with E-state index in [0.717, 1.165) is 11.1 Å². The number of nitrogens with one attached hydrogen (secondary N) is 1. The fourth-order valence-corrected chi connectivity index (χ4v) is 3.00. The van der Waals surface area contributed by atoms with Crippen LogP contribution in [0.3, 0.4) is 0 Å². The van der Waals surface area contributed by atoms with Gasteiger partial charge in [0.25, 0.3) is 0 Å². The monoisotopic (exact) mass is 387 g/mol. The summed E-state index contributed by atoms with van der Waals surface area (Å²) < 4.78 is 10.00. The summed E-state index contributed by atoms with van der Waals surface area (Å²) in [4.78, 5) is 40.3. The molecule has 1 unspecified atom stereocenters. The Morgan fingerprint density at radius 2 is 1.75 bits per heavy atom. The molecule has 0 aliphatic heterocycles. The minimum Gasteiger partial charge on any atom is -0.505 e. The van der Waals surface area contributed by atoms with Gasteiger partial charge in [-0.05, 0) is 40.2 Å². The molecule has 0 fully saturated rings. The zero-order chi connectivity index (χ0) is 21.0. The van der Waals surface area contributed by atoms with Gasteiger partial charge in [0.05, 0.1) is 19.1 Å². The number of benzene rings is 1. The second-order valence-corrected chi connectivity index (χ2v) is 6.48. The van der Waals surface area contributed by atoms with Gasteiger partial charge in [-0.1, -0.05) is 23.8 Å². The quantitative estimate of drug-likeness (QED) is 0.557. The summed E-state index contributed by atoms with van der Waals surface area (Å²) in [6, 6.07) is 5.29. The Balaban J connectivity index is 2.59. The lowest BCUT2D eigenvalue weighted by Crippen LogP contribution is -2.17. The van der Waals surface area contributed by atoms with E-state index in [1.54, 1.807) is 32.9 Å². The van der Waals surface area contributed by atoms with Crippen molar-refractivity contribution >= 4 is 17.7 Å². The van der Waals surface area contributed by atoms with Crippen LogP contribution in [0.4, 0.5) is 0 Å². The molecule has 0 aliphatic carbocycles. The average Bonchev–Trinajstić information content (AvgIpc) is 2.98. The van der Waals surface area contributed by atoms with Gasteiger partial charge < -0.3 is 19.6 Å². The van der Waals surface area contributed by atoms with Crippen molar-refractivity contribution in [1.82, 2.24) is 4.98 Å². The highest BCUT2D eigenvalue weighted by atomic mass is 16.5. The topological polar surface area (TPSA) is 106 Å². The summed E-state index contributed by atoms with van der Waals surface area (Å²) >= 11 is 0. The Morgan fingerprint density at radius 1 is 1.11 bits per heavy atom. The van der Waals surface area contributed by atoms with Crippen LogP contribution >= 0.6 is 0 Å². The van der Waals surface area contributed by atoms with Gasteiger partial charge in [0.2, 0.25) is 5.78 Å². The van der Waals surface area contributed by atoms with Gasteiger partial charge >= 0.3 is 11.9 Å². The number of H-pyrrole nitrogens is 1. The Kier molecular flexibility index (Phi) is 6.62. The van der Waals surface area contributed by atoms with Crippen molar-refractivity contribution in [3.8, 4) is 5.75 Å². The summed E-state index contributed by atoms with van der Waals surface area (Å²) in [5, 5.41) is 10.6. The molecular formula is C21H25NO6. The maximum Gasteiger partial charge on any atom is 0.343 e. The molecule has 0 bridgehead atoms. The molecule has 28 heavy (non-hydrogen) atoms. The number of esters is 2. The highest BCUT2D eigenvalue weighted by molar-refractivity contribution is 6.13. The molecule has 1 atom stereocenters. The third-order valence-corrected chi connectivity index (χ3v) is 4.41. The Morgan fingerprint density at radius 3 is 2.32 bits per heavy atom. The molecule has 2 rings (SSSR count). The van der Waals surface area contributed by atoms with Crippen molar-refractivity contribution in [2.75, 3.05) is 13.2 Å². The van der Waals surface area contributed by atoms with Gasteiger partial charge in [0.15, 0.2) is 5.75 Å². The van der Waals surface area contributed by atoms with Crippen molar-refractivity contribution in [1.29, 1.82) is 0 Å². The normalized spacial score (nSPS) is 11.8. The zero-order valence-corrected chi connectivity index (χ0v) is 16.7. The van der Waals surface area contributed by atoms with E-state index in [1.165, 1.54) is 6.92 Å². The van der Waals surface area contributed by atoms with Crippen molar-refractivity contribution in [2.24, 2.45) is 0 Å². The third kappa shape index (κ3) is 4.08. The Bertz CT molecular complexity index is 912. The predicted molar refractivity (Wildman–Crippen MR) is 103 cm³/mol. The summed E-state index contributed by atoms with van der Waals surface area (Å²) in [5.74, 6) is -3.31. The third-order valence-electron chi connectivity index (χ3n) is 4.41. The number of rotatable bonds is 7. The largest absolute Gasteiger partial charge is 0.505 e. The highest BCUT2D eigenvalue weighted by Crippen LogP contribution is 2.34. The number of aromatic hydroxyl groups is 1. The molecule has 1 heterocycles. The maximum absolute atomic E-state index is 13.0. The lowest BCUT2D eigenvalue weighted by molar-refractivity contribution is -0.144. The minimum atomic E-state index is -0.897. The number of carbonyl (C=O) groups excluding carboxylic acids is 3. The Hall–Kier alpha value is -3.09. The molecule has 7 heteroatoms. The standard InChI is InChI=1S/C21H25NO6/c1-6-27-20(25)13(5)16-15(21(26)28-7-2)19(24)17(22-16)18(23)14-9-8-11(3)10-12(14)4/h8-10,13,22,24H,6-7H2,1-5H3. The van der Waals surface area contributed by atoms with Gasteiger partial charge in [-0.3, -0.25) is 9.59 Å². The minimum absolute atomic E-state index is 0.0804. The summed E-state index contributed by atoms with van der Waals surface area (Å²) in [7, 11) is 0. The van der Waals surface area contributed by atoms with Crippen LogP contribution in [0.15, 0.2) is 18.2 Å². The van der Waals surface area contributed by atoms with Crippen LogP contribution in [0.2, 0.25) is 0 Å². The van der Waals surface area contributed by atoms with E-state index in [9.17, 15) is 19.5 Å². The summed E-state index contributed by atoms with van der Waals surface area (Å²) in [5.41, 5.74) is 1.80. The number of hydrogen-bond acceptors (Lipinski definition) is 6. The first kappa shape index (κ1) is 21.2. The molecule has 0 saturated carbocycles. The second-order valence-electron chi connectivity index (χ2n) is 6.48. The Labute approximate surface area is 163 Å². The van der Waals surface area contributed by atoms with Crippen LogP contribution in [0.25, 0.3) is 0 Å². The first-order valence-electron chi connectivity index (χ1n) is 9.13. The van der Waals surface area contributed by atoms with E-state index in [2.05, 4.69) is 4.98 Å². The SMILES string of the molecule is CCOC(=O)c1c(C(C)C(=O)OCC)[nH]c(C(=O)c2ccc(C)cc2C)c1O. The van der Waals surface area contributed by atoms with Crippen molar-refractivity contribution in [3.05, 3.63) is 51.8 Å². The number of hydrogen-bond donors (Lipinski definition) is 2. The van der Waals surface area contributed by atoms with Crippen molar-refractivity contribution < 1.29 is 29.0 Å². The number of aryl methyl sites for hydroxylation is 2. The van der Waals surface area contributed by atoms with Gasteiger partial charge in [0.1, 0.15) is 11.3 Å². The number of aromatic nitrogens is 1. The zero-order valence-electron chi connectivity index (χ0n) is 16.7. The van der Waals surface area contributed by atoms with Crippen LogP contribution in [0, 0.1) is 13.8 Å². The molecule has 7 nitrogen and oxygen atoms in total. The number of ketones is 1. The van der Waals surface area contributed by atoms with Crippen LogP contribution in [-0.4, -0.2) is 41.0 Å². The summed E-state index contributed by atoms with van der Waals surface area (Å²) in [6.45, 7) is 8.75. The van der Waals surface area contributed by atoms with E-state index < -0.39 is 29.4 Å². The molecule has 0 spiro atoms. The van der Waals surface area contributed by atoms with E-state index in [1.807, 2.05) is 13.0 Å². The van der Waals surface area contributed by atoms with Crippen LogP contribution < -0.4 is 0 Å². The van der Waals surface area contributed by atoms with Gasteiger partial charge in [0, 0.05) is 11.3 Å². The van der Waals surface area contributed by atoms with E-state index in [4.69, 9.17) is 9.47 Å². The van der Waals surface area contributed by atoms with Crippen LogP contribution in [0.5, 0.6) is 5.75 Å². The molecule has 0 radical (unpaired) electrons. The van der Waals surface area contributed by atoms with E-state index in [0.29, 0.717) is 5.56 Å². The molecule has 0 amide bonds. The van der Waals surface area contributed by atoms with Crippen LogP contribution in [0.1, 0.15) is 69.9 Å². The number of aromatic amines is 1. The lowest BCUT2D eigenvalue weighted by atomic mass is 9.99. The average molecular weight is 387 g/mol. The molecular weight excluding hydrogens is 362 g/mol. The highest BCUT2D eigenvalue weighted by Gasteiger charge is 2.33. The molecule has 150 valence electrons. The van der Waals surface area contributed by atoms with Crippen LogP contribution in [-0.2, 0) is 14.3 Å². The smallest absolute Gasteiger partial charge is 0.343 e. The first-order chi connectivity index (χ1) is 13.2. The van der Waals surface area contributed by atoms with E-state index in [-0.39, 0.29) is 30.2 Å². The second kappa shape index (κ2) is 8.73. The van der Waals surface area contributed by atoms with Crippen molar-refractivity contribution in [3.63, 3.8) is 0 Å². The molecule has 1 aromatic heterocycles. The summed E-state index contributed by atoms with van der Waals surface area (Å²) in [6.07, 6.45) is 0. The molecule has 1 aromatic carbocycles. The predicted octanol–water partition coefficient (Wildman–Crippen LogP) is 3.41. The number of carbonyl (C=O) groups is 3.